The zero-order chi connectivity index (χ0) is 23.4. The molecule has 0 unspecified atom stereocenters. The Morgan fingerprint density at radius 2 is 1.75 bits per heavy atom. The van der Waals surface area contributed by atoms with Gasteiger partial charge in [-0.3, -0.25) is 9.59 Å². The average Bonchev–Trinajstić information content (AvgIpc) is 3.23. The molecule has 0 spiro atoms. The molecule has 0 radical (unpaired) electrons. The molecule has 170 valence electrons. The molecule has 4 nitrogen and oxygen atoms in total. The summed E-state index contributed by atoms with van der Waals surface area (Å²) in [6, 6.07) is 8.91. The molecule has 0 heterocycles. The van der Waals surface area contributed by atoms with E-state index in [2.05, 4.69) is 26.6 Å². The first-order valence-corrected chi connectivity index (χ1v) is 11.8. The standard InChI is InChI=1S/C21H15BrCl4F2N2O2/c22-10-3-9(4-11(23)5-10)16-17(21(16,25)26)19(32)29-12-1-2-15(24)14(6-12)18(31)30-13-7-20(27,28)8-13/h1-6,13,16-17H,7-8H2,(H,29,32)(H,30,31)/t16-,17+/m1/s1. The fraction of sp³-hybridized carbons (Fsp3) is 0.333. The first-order valence-electron chi connectivity index (χ1n) is 9.50. The molecule has 0 saturated heterocycles. The van der Waals surface area contributed by atoms with E-state index in [-0.39, 0.29) is 10.6 Å². The van der Waals surface area contributed by atoms with Crippen LogP contribution in [0.25, 0.3) is 0 Å². The smallest absolute Gasteiger partial charge is 0.253 e. The van der Waals surface area contributed by atoms with Crippen LogP contribution in [0.2, 0.25) is 10.0 Å². The summed E-state index contributed by atoms with van der Waals surface area (Å²) in [6.07, 6.45) is -0.827. The van der Waals surface area contributed by atoms with Crippen molar-refractivity contribution in [1.29, 1.82) is 0 Å². The van der Waals surface area contributed by atoms with E-state index in [0.717, 1.165) is 4.47 Å². The zero-order valence-corrected chi connectivity index (χ0v) is 20.7. The lowest BCUT2D eigenvalue weighted by atomic mass is 9.88. The van der Waals surface area contributed by atoms with Crippen LogP contribution in [-0.2, 0) is 4.79 Å². The molecule has 0 aliphatic heterocycles. The number of hydrogen-bond donors (Lipinski definition) is 2. The highest BCUT2D eigenvalue weighted by Gasteiger charge is 2.67. The van der Waals surface area contributed by atoms with E-state index in [0.29, 0.717) is 16.3 Å². The quantitative estimate of drug-likeness (QED) is 0.378. The fourth-order valence-corrected chi connectivity index (χ4v) is 5.76. The average molecular weight is 587 g/mol. The molecule has 4 rings (SSSR count). The SMILES string of the molecule is O=C(NC1CC(F)(F)C1)c1cc(NC(=O)[C@@H]2[C@@H](c3cc(Cl)cc(Br)c3)C2(Cl)Cl)ccc1Cl. The molecule has 2 N–H and O–H groups in total. The Bertz CT molecular complexity index is 1090. The van der Waals surface area contributed by atoms with Crippen LogP contribution in [0.1, 0.15) is 34.7 Å². The molecule has 2 aromatic rings. The summed E-state index contributed by atoms with van der Waals surface area (Å²) in [6.45, 7) is 0. The summed E-state index contributed by atoms with van der Waals surface area (Å²) in [7, 11) is 0. The third-order valence-corrected chi connectivity index (χ3v) is 7.43. The lowest BCUT2D eigenvalue weighted by molar-refractivity contribution is -0.117. The van der Waals surface area contributed by atoms with Crippen molar-refractivity contribution in [3.63, 3.8) is 0 Å². The van der Waals surface area contributed by atoms with Crippen LogP contribution >= 0.6 is 62.3 Å². The minimum absolute atomic E-state index is 0.0637. The van der Waals surface area contributed by atoms with E-state index < -0.39 is 52.8 Å². The Morgan fingerprint density at radius 3 is 2.38 bits per heavy atom. The first kappa shape index (κ1) is 24.0. The number of anilines is 1. The van der Waals surface area contributed by atoms with E-state index >= 15 is 0 Å². The summed E-state index contributed by atoms with van der Waals surface area (Å²) < 4.78 is 25.4. The molecule has 2 saturated carbocycles. The minimum Gasteiger partial charge on any atom is -0.349 e. The molecule has 2 aliphatic rings. The van der Waals surface area contributed by atoms with Crippen molar-refractivity contribution in [3.8, 4) is 0 Å². The van der Waals surface area contributed by atoms with Crippen molar-refractivity contribution in [3.05, 3.63) is 62.0 Å². The molecule has 2 fully saturated rings. The molecular weight excluding hydrogens is 572 g/mol. The van der Waals surface area contributed by atoms with Gasteiger partial charge in [0.1, 0.15) is 4.33 Å². The highest BCUT2D eigenvalue weighted by atomic mass is 79.9. The first-order chi connectivity index (χ1) is 14.9. The summed E-state index contributed by atoms with van der Waals surface area (Å²) in [5.74, 6) is -5.02. The van der Waals surface area contributed by atoms with Gasteiger partial charge < -0.3 is 10.6 Å². The molecule has 2 amide bonds. The van der Waals surface area contributed by atoms with Gasteiger partial charge in [0.05, 0.1) is 16.5 Å². The highest BCUT2D eigenvalue weighted by molar-refractivity contribution is 9.10. The normalized spacial score (nSPS) is 23.2. The van der Waals surface area contributed by atoms with Crippen molar-refractivity contribution < 1.29 is 18.4 Å². The Labute approximate surface area is 211 Å². The van der Waals surface area contributed by atoms with Gasteiger partial charge in [0.15, 0.2) is 0 Å². The minimum atomic E-state index is -2.76. The lowest BCUT2D eigenvalue weighted by Crippen LogP contribution is -2.50. The molecule has 32 heavy (non-hydrogen) atoms. The second-order valence-electron chi connectivity index (χ2n) is 7.95. The fourth-order valence-electron chi connectivity index (χ4n) is 3.85. The van der Waals surface area contributed by atoms with Gasteiger partial charge in [-0.2, -0.15) is 0 Å². The molecule has 2 aromatic carbocycles. The van der Waals surface area contributed by atoms with Gasteiger partial charge in [-0.1, -0.05) is 39.1 Å². The van der Waals surface area contributed by atoms with E-state index in [9.17, 15) is 18.4 Å². The number of rotatable bonds is 5. The van der Waals surface area contributed by atoms with Crippen molar-refractivity contribution in [2.45, 2.75) is 35.1 Å². The number of carbonyl (C=O) groups excluding carboxylic acids is 2. The monoisotopic (exact) mass is 584 g/mol. The summed E-state index contributed by atoms with van der Waals surface area (Å²) in [5, 5.41) is 5.82. The van der Waals surface area contributed by atoms with Crippen LogP contribution in [-0.4, -0.2) is 28.1 Å². The van der Waals surface area contributed by atoms with Crippen LogP contribution in [0.4, 0.5) is 14.5 Å². The van der Waals surface area contributed by atoms with Crippen molar-refractivity contribution >= 4 is 79.8 Å². The van der Waals surface area contributed by atoms with Gasteiger partial charge in [0, 0.05) is 40.0 Å². The Hall–Kier alpha value is -1.12. The predicted molar refractivity (Wildman–Crippen MR) is 125 cm³/mol. The maximum atomic E-state index is 13.0. The van der Waals surface area contributed by atoms with Crippen LogP contribution in [0, 0.1) is 5.92 Å². The van der Waals surface area contributed by atoms with Crippen LogP contribution in [0.3, 0.4) is 0 Å². The highest BCUT2D eigenvalue weighted by Crippen LogP contribution is 2.65. The Kier molecular flexibility index (Phi) is 6.44. The molecule has 2 atom stereocenters. The number of carbonyl (C=O) groups is 2. The number of amides is 2. The topological polar surface area (TPSA) is 58.2 Å². The lowest BCUT2D eigenvalue weighted by Gasteiger charge is -2.35. The molecule has 0 bridgehead atoms. The van der Waals surface area contributed by atoms with Crippen molar-refractivity contribution in [1.82, 2.24) is 5.32 Å². The van der Waals surface area contributed by atoms with Gasteiger partial charge in [-0.15, -0.1) is 23.2 Å². The third-order valence-electron chi connectivity index (χ3n) is 5.48. The van der Waals surface area contributed by atoms with Gasteiger partial charge >= 0.3 is 0 Å². The molecular formula is C21H15BrCl4F2N2O2. The maximum absolute atomic E-state index is 13.0. The number of halogens is 7. The number of alkyl halides is 4. The second-order valence-corrected chi connectivity index (χ2v) is 11.2. The van der Waals surface area contributed by atoms with Crippen molar-refractivity contribution in [2.24, 2.45) is 5.92 Å². The van der Waals surface area contributed by atoms with E-state index in [4.69, 9.17) is 46.4 Å². The number of hydrogen-bond acceptors (Lipinski definition) is 2. The van der Waals surface area contributed by atoms with Gasteiger partial charge in [-0.05, 0) is 42.0 Å². The molecule has 2 aliphatic carbocycles. The zero-order valence-electron chi connectivity index (χ0n) is 16.1. The summed E-state index contributed by atoms with van der Waals surface area (Å²) in [5.41, 5.74) is 1.07. The molecule has 11 heteroatoms. The van der Waals surface area contributed by atoms with Gasteiger partial charge in [0.25, 0.3) is 11.8 Å². The Balaban J connectivity index is 1.46. The Morgan fingerprint density at radius 1 is 1.06 bits per heavy atom. The van der Waals surface area contributed by atoms with Crippen LogP contribution < -0.4 is 10.6 Å². The second kappa shape index (κ2) is 8.58. The summed E-state index contributed by atoms with van der Waals surface area (Å²) in [4.78, 5) is 25.3. The van der Waals surface area contributed by atoms with Gasteiger partial charge in [-0.25, -0.2) is 8.78 Å². The van der Waals surface area contributed by atoms with E-state index in [1.807, 2.05) is 0 Å². The number of nitrogens with one attached hydrogen (secondary N) is 2. The third kappa shape index (κ3) is 4.87. The van der Waals surface area contributed by atoms with Gasteiger partial charge in [0.2, 0.25) is 5.91 Å². The van der Waals surface area contributed by atoms with E-state index in [1.165, 1.54) is 18.2 Å². The van der Waals surface area contributed by atoms with E-state index in [1.54, 1.807) is 18.2 Å². The van der Waals surface area contributed by atoms with Crippen LogP contribution in [0.15, 0.2) is 40.9 Å². The largest absolute Gasteiger partial charge is 0.349 e. The molecule has 0 aromatic heterocycles. The number of benzene rings is 2. The van der Waals surface area contributed by atoms with Crippen LogP contribution in [0.5, 0.6) is 0 Å². The predicted octanol–water partition coefficient (Wildman–Crippen LogP) is 6.81. The summed E-state index contributed by atoms with van der Waals surface area (Å²) >= 11 is 28.3. The maximum Gasteiger partial charge on any atom is 0.253 e. The van der Waals surface area contributed by atoms with Crippen molar-refractivity contribution in [2.75, 3.05) is 5.32 Å².